The second-order valence-corrected chi connectivity index (χ2v) is 6.77. The van der Waals surface area contributed by atoms with Gasteiger partial charge in [-0.2, -0.15) is 0 Å². The predicted octanol–water partition coefficient (Wildman–Crippen LogP) is 4.29. The Hall–Kier alpha value is -4.26. The molecule has 0 bridgehead atoms. The summed E-state index contributed by atoms with van der Waals surface area (Å²) in [4.78, 5) is 28.1. The van der Waals surface area contributed by atoms with E-state index in [9.17, 15) is 4.79 Å². The summed E-state index contributed by atoms with van der Waals surface area (Å²) >= 11 is 0. The van der Waals surface area contributed by atoms with Gasteiger partial charge in [0.1, 0.15) is 11.6 Å². The monoisotopic (exact) mass is 395 g/mol. The fourth-order valence-corrected chi connectivity index (χ4v) is 3.32. The van der Waals surface area contributed by atoms with Crippen LogP contribution in [0.2, 0.25) is 0 Å². The van der Waals surface area contributed by atoms with E-state index in [1.54, 1.807) is 25.6 Å². The van der Waals surface area contributed by atoms with Gasteiger partial charge in [-0.15, -0.1) is 0 Å². The lowest BCUT2D eigenvalue weighted by atomic mass is 10.1. The SMILES string of the molecule is COc1ccc2nc(-c3cccnc3)nc(Nc3ccc4ccc(=O)[nH]c4c3)c2c1. The summed E-state index contributed by atoms with van der Waals surface area (Å²) in [6.45, 7) is 0. The summed E-state index contributed by atoms with van der Waals surface area (Å²) in [5, 5.41) is 5.14. The van der Waals surface area contributed by atoms with E-state index in [2.05, 4.69) is 15.3 Å². The highest BCUT2D eigenvalue weighted by Crippen LogP contribution is 2.30. The second kappa shape index (κ2) is 7.29. The molecule has 146 valence electrons. The van der Waals surface area contributed by atoms with Crippen LogP contribution in [0.15, 0.2) is 77.9 Å². The lowest BCUT2D eigenvalue weighted by molar-refractivity contribution is 0.415. The molecule has 0 atom stereocenters. The largest absolute Gasteiger partial charge is 0.497 e. The predicted molar refractivity (Wildman–Crippen MR) is 117 cm³/mol. The Balaban J connectivity index is 1.67. The van der Waals surface area contributed by atoms with Gasteiger partial charge in [0, 0.05) is 35.1 Å². The van der Waals surface area contributed by atoms with Crippen LogP contribution in [-0.4, -0.2) is 27.0 Å². The number of ether oxygens (including phenoxy) is 1. The van der Waals surface area contributed by atoms with Crippen molar-refractivity contribution in [3.8, 4) is 17.1 Å². The standard InChI is InChI=1S/C23H17N5O2/c1-30-17-7-8-19-18(12-17)23(28-22(27-19)15-3-2-10-24-13-15)25-16-6-4-14-5-9-21(29)26-20(14)11-16/h2-13H,1H3,(H,26,29)(H,25,27,28). The summed E-state index contributed by atoms with van der Waals surface area (Å²) in [6.07, 6.45) is 3.44. The van der Waals surface area contributed by atoms with Crippen LogP contribution in [0.25, 0.3) is 33.2 Å². The van der Waals surface area contributed by atoms with Crippen LogP contribution in [0, 0.1) is 0 Å². The molecule has 30 heavy (non-hydrogen) atoms. The highest BCUT2D eigenvalue weighted by Gasteiger charge is 2.12. The number of nitrogens with zero attached hydrogens (tertiary/aromatic N) is 3. The maximum Gasteiger partial charge on any atom is 0.248 e. The third-order valence-corrected chi connectivity index (χ3v) is 4.81. The molecule has 0 aliphatic rings. The number of rotatable bonds is 4. The Labute approximate surface area is 171 Å². The Morgan fingerprint density at radius 2 is 1.90 bits per heavy atom. The van der Waals surface area contributed by atoms with Gasteiger partial charge in [0.25, 0.3) is 0 Å². The zero-order valence-electron chi connectivity index (χ0n) is 16.1. The number of fused-ring (bicyclic) bond motifs is 2. The Morgan fingerprint density at radius 1 is 1.00 bits per heavy atom. The van der Waals surface area contributed by atoms with Crippen LogP contribution in [0.3, 0.4) is 0 Å². The molecular weight excluding hydrogens is 378 g/mol. The summed E-state index contributed by atoms with van der Waals surface area (Å²) in [5.74, 6) is 1.92. The second-order valence-electron chi connectivity index (χ2n) is 6.77. The molecule has 0 saturated heterocycles. The van der Waals surface area contributed by atoms with Crippen molar-refractivity contribution in [2.45, 2.75) is 0 Å². The Bertz CT molecular complexity index is 1430. The Kier molecular flexibility index (Phi) is 4.33. The molecule has 0 aliphatic heterocycles. The van der Waals surface area contributed by atoms with Crippen LogP contribution in [-0.2, 0) is 0 Å². The number of anilines is 2. The van der Waals surface area contributed by atoms with Crippen LogP contribution in [0.5, 0.6) is 5.75 Å². The normalized spacial score (nSPS) is 11.0. The molecule has 0 saturated carbocycles. The van der Waals surface area contributed by atoms with Gasteiger partial charge in [-0.25, -0.2) is 9.97 Å². The molecule has 0 radical (unpaired) electrons. The molecule has 2 N–H and O–H groups in total. The molecule has 0 spiro atoms. The first-order valence-electron chi connectivity index (χ1n) is 9.36. The lowest BCUT2D eigenvalue weighted by Crippen LogP contribution is -2.03. The van der Waals surface area contributed by atoms with E-state index in [-0.39, 0.29) is 5.56 Å². The van der Waals surface area contributed by atoms with Crippen LogP contribution >= 0.6 is 0 Å². The van der Waals surface area contributed by atoms with Crippen molar-refractivity contribution in [1.29, 1.82) is 0 Å². The average Bonchev–Trinajstić information content (AvgIpc) is 2.79. The van der Waals surface area contributed by atoms with E-state index in [1.807, 2.05) is 48.5 Å². The topological polar surface area (TPSA) is 92.8 Å². The number of aromatic nitrogens is 4. The highest BCUT2D eigenvalue weighted by atomic mass is 16.5. The van der Waals surface area contributed by atoms with Crippen molar-refractivity contribution in [1.82, 2.24) is 19.9 Å². The maximum atomic E-state index is 11.7. The van der Waals surface area contributed by atoms with E-state index in [1.165, 1.54) is 6.07 Å². The van der Waals surface area contributed by atoms with Crippen LogP contribution < -0.4 is 15.6 Å². The van der Waals surface area contributed by atoms with Gasteiger partial charge in [0.15, 0.2) is 5.82 Å². The van der Waals surface area contributed by atoms with Crippen molar-refractivity contribution in [3.63, 3.8) is 0 Å². The first kappa shape index (κ1) is 17.8. The van der Waals surface area contributed by atoms with Gasteiger partial charge >= 0.3 is 0 Å². The highest BCUT2D eigenvalue weighted by molar-refractivity contribution is 5.94. The number of hydrogen-bond donors (Lipinski definition) is 2. The van der Waals surface area contributed by atoms with Gasteiger partial charge in [-0.3, -0.25) is 9.78 Å². The van der Waals surface area contributed by atoms with E-state index in [0.717, 1.165) is 33.1 Å². The number of hydrogen-bond acceptors (Lipinski definition) is 6. The number of aromatic amines is 1. The smallest absolute Gasteiger partial charge is 0.248 e. The average molecular weight is 395 g/mol. The van der Waals surface area contributed by atoms with Crippen molar-refractivity contribution >= 4 is 33.3 Å². The number of methoxy groups -OCH3 is 1. The van der Waals surface area contributed by atoms with E-state index in [0.29, 0.717) is 17.4 Å². The number of H-pyrrole nitrogens is 1. The number of pyridine rings is 2. The van der Waals surface area contributed by atoms with Crippen molar-refractivity contribution < 1.29 is 4.74 Å². The zero-order valence-corrected chi connectivity index (χ0v) is 16.1. The molecule has 0 amide bonds. The molecule has 5 aromatic rings. The quantitative estimate of drug-likeness (QED) is 0.472. The molecular formula is C23H17N5O2. The molecule has 0 aliphatic carbocycles. The molecule has 7 nitrogen and oxygen atoms in total. The van der Waals surface area contributed by atoms with Crippen molar-refractivity contribution in [2.75, 3.05) is 12.4 Å². The molecule has 3 heterocycles. The van der Waals surface area contributed by atoms with Crippen molar-refractivity contribution in [2.24, 2.45) is 0 Å². The van der Waals surface area contributed by atoms with Gasteiger partial charge < -0.3 is 15.0 Å². The van der Waals surface area contributed by atoms with Gasteiger partial charge in [-0.1, -0.05) is 6.07 Å². The minimum Gasteiger partial charge on any atom is -0.497 e. The summed E-state index contributed by atoms with van der Waals surface area (Å²) in [7, 11) is 1.62. The summed E-state index contributed by atoms with van der Waals surface area (Å²) in [5.41, 5.74) is 3.00. The molecule has 0 fully saturated rings. The zero-order chi connectivity index (χ0) is 20.5. The minimum atomic E-state index is -0.143. The van der Waals surface area contributed by atoms with Crippen LogP contribution in [0.1, 0.15) is 0 Å². The fourth-order valence-electron chi connectivity index (χ4n) is 3.32. The van der Waals surface area contributed by atoms with Gasteiger partial charge in [-0.05, 0) is 53.9 Å². The third kappa shape index (κ3) is 3.33. The molecule has 7 heteroatoms. The van der Waals surface area contributed by atoms with Gasteiger partial charge in [0.05, 0.1) is 18.1 Å². The van der Waals surface area contributed by atoms with Crippen LogP contribution in [0.4, 0.5) is 11.5 Å². The van der Waals surface area contributed by atoms with Gasteiger partial charge in [0.2, 0.25) is 5.56 Å². The molecule has 3 aromatic heterocycles. The van der Waals surface area contributed by atoms with E-state index < -0.39 is 0 Å². The maximum absolute atomic E-state index is 11.7. The molecule has 0 unspecified atom stereocenters. The molecule has 5 rings (SSSR count). The van der Waals surface area contributed by atoms with E-state index >= 15 is 0 Å². The summed E-state index contributed by atoms with van der Waals surface area (Å²) < 4.78 is 5.38. The Morgan fingerprint density at radius 3 is 2.73 bits per heavy atom. The first-order chi connectivity index (χ1) is 14.7. The molecule has 2 aromatic carbocycles. The number of nitrogens with one attached hydrogen (secondary N) is 2. The minimum absolute atomic E-state index is 0.143. The fraction of sp³-hybridized carbons (Fsp3) is 0.0435. The third-order valence-electron chi connectivity index (χ3n) is 4.81. The van der Waals surface area contributed by atoms with E-state index in [4.69, 9.17) is 14.7 Å². The number of benzene rings is 2. The lowest BCUT2D eigenvalue weighted by Gasteiger charge is -2.12. The van der Waals surface area contributed by atoms with Crippen molar-refractivity contribution in [3.05, 3.63) is 83.4 Å². The first-order valence-corrected chi connectivity index (χ1v) is 9.36. The summed E-state index contributed by atoms with van der Waals surface area (Å²) in [6, 6.07) is 18.5.